The van der Waals surface area contributed by atoms with Crippen molar-refractivity contribution in [2.45, 2.75) is 68.9 Å². The lowest BCUT2D eigenvalue weighted by atomic mass is 10.1. The molecule has 20 nitrogen and oxygen atoms in total. The van der Waals surface area contributed by atoms with Gasteiger partial charge in [0.2, 0.25) is 0 Å². The fourth-order valence-corrected chi connectivity index (χ4v) is 6.15. The Morgan fingerprint density at radius 1 is 1.00 bits per heavy atom. The number of phosphoric acid groups is 2. The van der Waals surface area contributed by atoms with Crippen LogP contribution >= 0.6 is 15.6 Å². The second-order valence-electron chi connectivity index (χ2n) is 9.00. The maximum Gasteiger partial charge on any atom is 0.481 e. The Balaban J connectivity index is 1.30. The first-order valence-electron chi connectivity index (χ1n) is 12.0. The molecular formula is C19H29N5O15P2. The topological polar surface area (TPSA) is 298 Å². The highest BCUT2D eigenvalue weighted by molar-refractivity contribution is 7.61. The van der Waals surface area contributed by atoms with E-state index < -0.39 is 84.0 Å². The SMILES string of the molecule is CCCC(=O)O[C@H]1C(O)O[C@H](COP(=O)(O)OP(=O)(O)OC[C@H]2O[C@@H](n3cnc4c(N)ncnc43)[C@H](O)[C@@H]2O)[C@H]1O. The number of rotatable bonds is 12. The molecule has 0 aliphatic carbocycles. The first kappa shape index (κ1) is 31.8. The average molecular weight is 629 g/mol. The van der Waals surface area contributed by atoms with Gasteiger partial charge in [-0.25, -0.2) is 24.1 Å². The van der Waals surface area contributed by atoms with Crippen molar-refractivity contribution in [2.24, 2.45) is 0 Å². The second-order valence-corrected chi connectivity index (χ2v) is 12.0. The van der Waals surface area contributed by atoms with E-state index in [4.69, 9.17) is 19.9 Å². The number of carbonyl (C=O) groups is 1. The quantitative estimate of drug-likeness (QED) is 0.0993. The highest BCUT2D eigenvalue weighted by Gasteiger charge is 2.48. The van der Waals surface area contributed by atoms with E-state index in [1.807, 2.05) is 0 Å². The van der Waals surface area contributed by atoms with Crippen LogP contribution in [0, 0.1) is 0 Å². The molecule has 22 heteroatoms. The van der Waals surface area contributed by atoms with Gasteiger partial charge in [0.15, 0.2) is 30.1 Å². The third kappa shape index (κ3) is 7.26. The minimum atomic E-state index is -5.35. The number of aliphatic hydroxyl groups excluding tert-OH is 4. The van der Waals surface area contributed by atoms with Crippen molar-refractivity contribution in [2.75, 3.05) is 18.9 Å². The average Bonchev–Trinajstić information content (AvgIpc) is 3.52. The van der Waals surface area contributed by atoms with Gasteiger partial charge in [-0.3, -0.25) is 18.4 Å². The highest BCUT2D eigenvalue weighted by Crippen LogP contribution is 2.60. The molecule has 10 atom stereocenters. The van der Waals surface area contributed by atoms with E-state index in [-0.39, 0.29) is 23.4 Å². The lowest BCUT2D eigenvalue weighted by molar-refractivity contribution is -0.172. The monoisotopic (exact) mass is 629 g/mol. The van der Waals surface area contributed by atoms with Gasteiger partial charge in [-0.2, -0.15) is 4.31 Å². The van der Waals surface area contributed by atoms with E-state index in [2.05, 4.69) is 28.3 Å². The molecule has 41 heavy (non-hydrogen) atoms. The lowest BCUT2D eigenvalue weighted by Crippen LogP contribution is -2.38. The van der Waals surface area contributed by atoms with Crippen LogP contribution < -0.4 is 5.73 Å². The molecular weight excluding hydrogens is 600 g/mol. The lowest BCUT2D eigenvalue weighted by Gasteiger charge is -2.21. The second kappa shape index (κ2) is 12.6. The van der Waals surface area contributed by atoms with Crippen molar-refractivity contribution in [3.63, 3.8) is 0 Å². The van der Waals surface area contributed by atoms with Crippen LogP contribution in [0.3, 0.4) is 0 Å². The maximum atomic E-state index is 12.3. The standard InChI is InChI=1S/C19H29N5O15P2/c1-2-3-10(25)38-15-13(27)9(37-19(15)29)5-35-41(32,33)39-40(30,31)34-4-8-12(26)14(28)18(36-8)24-7-23-11-16(20)21-6-22-17(11)24/h6-9,12-15,18-19,26-29H,2-5H2,1H3,(H,30,31)(H,32,33)(H2,20,21,22)/t8-,9-,12-,13-,14-,15-,18-,19?/m1/s1. The predicted molar refractivity (Wildman–Crippen MR) is 130 cm³/mol. The van der Waals surface area contributed by atoms with Crippen molar-refractivity contribution >= 4 is 38.6 Å². The number of nitrogens with two attached hydrogens (primary N) is 1. The van der Waals surface area contributed by atoms with Gasteiger partial charge in [-0.05, 0) is 6.42 Å². The number of anilines is 1. The number of imidazole rings is 1. The van der Waals surface area contributed by atoms with E-state index in [0.717, 1.165) is 6.33 Å². The Kier molecular flexibility index (Phi) is 9.76. The number of esters is 1. The smallest absolute Gasteiger partial charge is 0.454 e. The zero-order chi connectivity index (χ0) is 30.1. The minimum absolute atomic E-state index is 0.00956. The van der Waals surface area contributed by atoms with Crippen LogP contribution in [-0.4, -0.2) is 112 Å². The highest BCUT2D eigenvalue weighted by atomic mass is 31.3. The van der Waals surface area contributed by atoms with Gasteiger partial charge in [0, 0.05) is 6.42 Å². The van der Waals surface area contributed by atoms with E-state index >= 15 is 0 Å². The Bertz CT molecular complexity index is 1330. The summed E-state index contributed by atoms with van der Waals surface area (Å²) in [5, 5.41) is 40.9. The third-order valence-electron chi connectivity index (χ3n) is 6.04. The van der Waals surface area contributed by atoms with Gasteiger partial charge >= 0.3 is 21.6 Å². The van der Waals surface area contributed by atoms with E-state index in [0.29, 0.717) is 6.42 Å². The van der Waals surface area contributed by atoms with Crippen LogP contribution in [0.15, 0.2) is 12.7 Å². The normalized spacial score (nSPS) is 33.0. The Morgan fingerprint density at radius 3 is 2.27 bits per heavy atom. The third-order valence-corrected chi connectivity index (χ3v) is 8.64. The zero-order valence-electron chi connectivity index (χ0n) is 21.2. The van der Waals surface area contributed by atoms with Crippen LogP contribution in [-0.2, 0) is 41.5 Å². The number of aromatic nitrogens is 4. The summed E-state index contributed by atoms with van der Waals surface area (Å²) in [7, 11) is -10.7. The summed E-state index contributed by atoms with van der Waals surface area (Å²) in [6.45, 7) is -0.121. The van der Waals surface area contributed by atoms with Gasteiger partial charge in [0.1, 0.15) is 42.4 Å². The molecule has 2 fully saturated rings. The molecule has 8 N–H and O–H groups in total. The fraction of sp³-hybridized carbons (Fsp3) is 0.684. The maximum absolute atomic E-state index is 12.3. The van der Waals surface area contributed by atoms with Crippen LogP contribution in [0.5, 0.6) is 0 Å². The largest absolute Gasteiger partial charge is 0.481 e. The van der Waals surface area contributed by atoms with Crippen molar-refractivity contribution < 1.29 is 71.7 Å². The van der Waals surface area contributed by atoms with Gasteiger partial charge in [-0.1, -0.05) is 6.92 Å². The number of hydrogen-bond donors (Lipinski definition) is 7. The van der Waals surface area contributed by atoms with Gasteiger partial charge in [-0.15, -0.1) is 0 Å². The number of hydrogen-bond acceptors (Lipinski definition) is 17. The summed E-state index contributed by atoms with van der Waals surface area (Å²) < 4.78 is 54.7. The molecule has 0 bridgehead atoms. The Labute approximate surface area is 230 Å². The Hall–Kier alpha value is -2.16. The molecule has 2 aromatic heterocycles. The number of carbonyl (C=O) groups excluding carboxylic acids is 1. The minimum Gasteiger partial charge on any atom is -0.454 e. The Morgan fingerprint density at radius 2 is 1.63 bits per heavy atom. The van der Waals surface area contributed by atoms with Crippen LogP contribution in [0.25, 0.3) is 11.2 Å². The molecule has 2 saturated heterocycles. The van der Waals surface area contributed by atoms with Crippen molar-refractivity contribution in [3.8, 4) is 0 Å². The zero-order valence-corrected chi connectivity index (χ0v) is 23.0. The molecule has 4 heterocycles. The molecule has 230 valence electrons. The van der Waals surface area contributed by atoms with E-state index in [1.54, 1.807) is 6.92 Å². The summed E-state index contributed by atoms with van der Waals surface area (Å²) >= 11 is 0. The molecule has 4 rings (SSSR count). The first-order valence-corrected chi connectivity index (χ1v) is 15.0. The summed E-state index contributed by atoms with van der Waals surface area (Å²) in [6, 6.07) is 0. The summed E-state index contributed by atoms with van der Waals surface area (Å²) in [5.74, 6) is -0.668. The van der Waals surface area contributed by atoms with Gasteiger partial charge in [0.05, 0.1) is 19.5 Å². The van der Waals surface area contributed by atoms with Crippen LogP contribution in [0.4, 0.5) is 5.82 Å². The molecule has 2 aliphatic heterocycles. The molecule has 0 amide bonds. The number of fused-ring (bicyclic) bond motifs is 1. The number of aliphatic hydroxyl groups is 4. The summed E-state index contributed by atoms with van der Waals surface area (Å²) in [6.07, 6.45) is -9.54. The first-order chi connectivity index (χ1) is 19.2. The predicted octanol–water partition coefficient (Wildman–Crippen LogP) is -1.93. The molecule has 2 aliphatic rings. The molecule has 3 unspecified atom stereocenters. The number of nitrogens with zero attached hydrogens (tertiary/aromatic N) is 4. The summed E-state index contributed by atoms with van der Waals surface area (Å²) in [5.41, 5.74) is 6.10. The molecule has 0 saturated carbocycles. The van der Waals surface area contributed by atoms with E-state index in [1.165, 1.54) is 10.9 Å². The van der Waals surface area contributed by atoms with E-state index in [9.17, 15) is 44.1 Å². The molecule has 0 spiro atoms. The van der Waals surface area contributed by atoms with Crippen molar-refractivity contribution in [1.29, 1.82) is 0 Å². The van der Waals surface area contributed by atoms with Crippen molar-refractivity contribution in [3.05, 3.63) is 12.7 Å². The number of phosphoric ester groups is 2. The van der Waals surface area contributed by atoms with Gasteiger partial charge < -0.3 is 50.2 Å². The molecule has 2 aromatic rings. The number of ether oxygens (including phenoxy) is 3. The van der Waals surface area contributed by atoms with Crippen molar-refractivity contribution in [1.82, 2.24) is 19.5 Å². The van der Waals surface area contributed by atoms with Crippen LogP contribution in [0.1, 0.15) is 26.0 Å². The molecule has 0 aromatic carbocycles. The van der Waals surface area contributed by atoms with Crippen LogP contribution in [0.2, 0.25) is 0 Å². The van der Waals surface area contributed by atoms with Gasteiger partial charge in [0.25, 0.3) is 0 Å². The number of nitrogen functional groups attached to an aromatic ring is 1. The molecule has 0 radical (unpaired) electrons. The summed E-state index contributed by atoms with van der Waals surface area (Å²) in [4.78, 5) is 43.3. The fourth-order valence-electron chi connectivity index (χ4n) is 4.06.